The van der Waals surface area contributed by atoms with Gasteiger partial charge < -0.3 is 35.0 Å². The van der Waals surface area contributed by atoms with E-state index in [-0.39, 0.29) is 0 Å². The molecule has 14 heavy (non-hydrogen) atoms. The summed E-state index contributed by atoms with van der Waals surface area (Å²) in [4.78, 5) is 0. The highest BCUT2D eigenvalue weighted by atomic mass is 16.9. The zero-order valence-corrected chi connectivity index (χ0v) is 7.36. The molecule has 7 heteroatoms. The van der Waals surface area contributed by atoms with E-state index in [4.69, 9.17) is 0 Å². The molecule has 1 saturated carbocycles. The maximum absolute atomic E-state index is 9.60. The molecule has 0 aromatic rings. The summed E-state index contributed by atoms with van der Waals surface area (Å²) in [7, 11) is 1.18. The zero-order chi connectivity index (χ0) is 10.7. The quantitative estimate of drug-likeness (QED) is 0.283. The molecule has 1 saturated heterocycles. The molecule has 5 N–H and O–H groups in total. The normalized spacial score (nSPS) is 62.1. The lowest BCUT2D eigenvalue weighted by Gasteiger charge is -2.36. The van der Waals surface area contributed by atoms with Gasteiger partial charge in [-0.25, -0.2) is 0 Å². The standard InChI is InChI=1S/C7H12O7/c1-13-5-3(9)2(8)4(10)6(11)7(5,12)14-6/h2-5,8-12H,1H3/t2-,3+,4+,5-,6-,7-/m1/s1. The number of hydrogen-bond donors (Lipinski definition) is 5. The van der Waals surface area contributed by atoms with Crippen LogP contribution in [0.4, 0.5) is 0 Å². The molecular weight excluding hydrogens is 196 g/mol. The fraction of sp³-hybridized carbons (Fsp3) is 1.00. The van der Waals surface area contributed by atoms with Crippen molar-refractivity contribution in [3.05, 3.63) is 0 Å². The smallest absolute Gasteiger partial charge is 0.256 e. The molecule has 2 fully saturated rings. The van der Waals surface area contributed by atoms with Gasteiger partial charge in [0.1, 0.15) is 24.4 Å². The lowest BCUT2D eigenvalue weighted by Crippen LogP contribution is -2.64. The second kappa shape index (κ2) is 2.64. The first-order chi connectivity index (χ1) is 6.38. The van der Waals surface area contributed by atoms with Crippen LogP contribution in [0.2, 0.25) is 0 Å². The molecule has 1 aliphatic carbocycles. The minimum Gasteiger partial charge on any atom is -0.387 e. The Morgan fingerprint density at radius 2 is 1.64 bits per heavy atom. The van der Waals surface area contributed by atoms with Gasteiger partial charge in [-0.2, -0.15) is 0 Å². The third-order valence-electron chi connectivity index (χ3n) is 2.81. The van der Waals surface area contributed by atoms with Crippen molar-refractivity contribution in [2.45, 2.75) is 36.0 Å². The topological polar surface area (TPSA) is 123 Å². The molecule has 1 heterocycles. The van der Waals surface area contributed by atoms with Gasteiger partial charge in [0, 0.05) is 7.11 Å². The molecular formula is C7H12O7. The van der Waals surface area contributed by atoms with Gasteiger partial charge in [0.2, 0.25) is 0 Å². The molecule has 0 aromatic carbocycles. The molecule has 0 amide bonds. The van der Waals surface area contributed by atoms with Crippen molar-refractivity contribution in [1.82, 2.24) is 0 Å². The second-order valence-electron chi connectivity index (χ2n) is 3.58. The van der Waals surface area contributed by atoms with Gasteiger partial charge >= 0.3 is 0 Å². The molecule has 0 radical (unpaired) electrons. The summed E-state index contributed by atoms with van der Waals surface area (Å²) in [5.74, 6) is -4.41. The Morgan fingerprint density at radius 3 is 2.14 bits per heavy atom. The van der Waals surface area contributed by atoms with Gasteiger partial charge in [0.05, 0.1) is 0 Å². The minimum absolute atomic E-state index is 1.18. The molecule has 0 aromatic heterocycles. The monoisotopic (exact) mass is 208 g/mol. The predicted molar refractivity (Wildman–Crippen MR) is 39.8 cm³/mol. The van der Waals surface area contributed by atoms with Crippen molar-refractivity contribution in [1.29, 1.82) is 0 Å². The van der Waals surface area contributed by atoms with Crippen molar-refractivity contribution < 1.29 is 35.0 Å². The molecule has 2 aliphatic rings. The summed E-state index contributed by atoms with van der Waals surface area (Å²) in [5, 5.41) is 47.1. The average Bonchev–Trinajstić information content (AvgIpc) is 2.69. The van der Waals surface area contributed by atoms with Gasteiger partial charge in [0.15, 0.2) is 0 Å². The molecule has 6 atom stereocenters. The van der Waals surface area contributed by atoms with E-state index in [1.807, 2.05) is 0 Å². The molecule has 82 valence electrons. The Morgan fingerprint density at radius 1 is 1.07 bits per heavy atom. The third-order valence-corrected chi connectivity index (χ3v) is 2.81. The highest BCUT2D eigenvalue weighted by Crippen LogP contribution is 2.54. The summed E-state index contributed by atoms with van der Waals surface area (Å²) in [6.45, 7) is 0. The van der Waals surface area contributed by atoms with Crippen LogP contribution in [0, 0.1) is 0 Å². The van der Waals surface area contributed by atoms with Gasteiger partial charge in [-0.05, 0) is 0 Å². The van der Waals surface area contributed by atoms with Crippen LogP contribution >= 0.6 is 0 Å². The van der Waals surface area contributed by atoms with E-state index in [0.717, 1.165) is 0 Å². The first-order valence-electron chi connectivity index (χ1n) is 4.10. The maximum atomic E-state index is 9.60. The number of methoxy groups -OCH3 is 1. The molecule has 7 nitrogen and oxygen atoms in total. The van der Waals surface area contributed by atoms with Crippen LogP contribution < -0.4 is 0 Å². The van der Waals surface area contributed by atoms with Crippen LogP contribution in [0.3, 0.4) is 0 Å². The van der Waals surface area contributed by atoms with E-state index in [0.29, 0.717) is 0 Å². The summed E-state index contributed by atoms with van der Waals surface area (Å²) < 4.78 is 9.21. The molecule has 2 rings (SSSR count). The Balaban J connectivity index is 2.32. The lowest BCUT2D eigenvalue weighted by atomic mass is 9.85. The van der Waals surface area contributed by atoms with Crippen molar-refractivity contribution in [3.63, 3.8) is 0 Å². The molecule has 0 bridgehead atoms. The number of rotatable bonds is 1. The molecule has 0 spiro atoms. The average molecular weight is 208 g/mol. The third kappa shape index (κ3) is 0.898. The van der Waals surface area contributed by atoms with E-state index in [1.54, 1.807) is 0 Å². The first kappa shape index (κ1) is 10.2. The summed E-state index contributed by atoms with van der Waals surface area (Å²) >= 11 is 0. The van der Waals surface area contributed by atoms with Gasteiger partial charge in [0.25, 0.3) is 11.6 Å². The van der Waals surface area contributed by atoms with Crippen LogP contribution in [-0.4, -0.2) is 68.6 Å². The van der Waals surface area contributed by atoms with Gasteiger partial charge in [-0.15, -0.1) is 0 Å². The Bertz CT molecular complexity index is 258. The number of hydrogen-bond acceptors (Lipinski definition) is 7. The summed E-state index contributed by atoms with van der Waals surface area (Å²) in [5.41, 5.74) is 0. The van der Waals surface area contributed by atoms with Crippen molar-refractivity contribution in [2.75, 3.05) is 7.11 Å². The maximum Gasteiger partial charge on any atom is 0.256 e. The van der Waals surface area contributed by atoms with Crippen LogP contribution in [-0.2, 0) is 9.47 Å². The largest absolute Gasteiger partial charge is 0.387 e. The zero-order valence-electron chi connectivity index (χ0n) is 7.36. The van der Waals surface area contributed by atoms with Crippen LogP contribution in [0.5, 0.6) is 0 Å². The number of aliphatic hydroxyl groups is 5. The number of aliphatic hydroxyl groups excluding tert-OH is 3. The van der Waals surface area contributed by atoms with Crippen LogP contribution in [0.25, 0.3) is 0 Å². The van der Waals surface area contributed by atoms with Crippen molar-refractivity contribution in [2.24, 2.45) is 0 Å². The Kier molecular flexibility index (Phi) is 1.93. The Labute approximate surface area is 79.1 Å². The number of epoxide rings is 1. The number of fused-ring (bicyclic) bond motifs is 1. The fourth-order valence-electron chi connectivity index (χ4n) is 1.87. The van der Waals surface area contributed by atoms with E-state index in [1.165, 1.54) is 7.11 Å². The van der Waals surface area contributed by atoms with E-state index >= 15 is 0 Å². The first-order valence-corrected chi connectivity index (χ1v) is 4.10. The Hall–Kier alpha value is -0.280. The summed E-state index contributed by atoms with van der Waals surface area (Å²) in [6.07, 6.45) is -6.23. The van der Waals surface area contributed by atoms with Gasteiger partial charge in [-0.3, -0.25) is 0 Å². The van der Waals surface area contributed by atoms with Crippen LogP contribution in [0.1, 0.15) is 0 Å². The lowest BCUT2D eigenvalue weighted by molar-refractivity contribution is -0.229. The van der Waals surface area contributed by atoms with Gasteiger partial charge in [-0.1, -0.05) is 0 Å². The van der Waals surface area contributed by atoms with E-state index < -0.39 is 36.0 Å². The fourth-order valence-corrected chi connectivity index (χ4v) is 1.87. The number of ether oxygens (including phenoxy) is 2. The molecule has 0 unspecified atom stereocenters. The molecule has 1 aliphatic heterocycles. The summed E-state index contributed by atoms with van der Waals surface area (Å²) in [6, 6.07) is 0. The van der Waals surface area contributed by atoms with Crippen molar-refractivity contribution >= 4 is 0 Å². The highest BCUT2D eigenvalue weighted by Gasteiger charge is 2.83. The highest BCUT2D eigenvalue weighted by molar-refractivity contribution is 5.18. The predicted octanol–water partition coefficient (Wildman–Crippen LogP) is -3.49. The van der Waals surface area contributed by atoms with Crippen LogP contribution in [0.15, 0.2) is 0 Å². The van der Waals surface area contributed by atoms with E-state index in [2.05, 4.69) is 9.47 Å². The second-order valence-corrected chi connectivity index (χ2v) is 3.58. The van der Waals surface area contributed by atoms with Crippen molar-refractivity contribution in [3.8, 4) is 0 Å². The van der Waals surface area contributed by atoms with E-state index in [9.17, 15) is 25.5 Å². The SMILES string of the molecule is CO[C@@H]1[C@@H](O)[C@@H](O)[C@H](O)[C@@]2(O)O[C@]12O. The minimum atomic E-state index is -2.26.